The maximum atomic E-state index is 13.5. The maximum Gasteiger partial charge on any atom is 0.314 e. The zero-order valence-corrected chi connectivity index (χ0v) is 17.6. The van der Waals surface area contributed by atoms with E-state index in [1.165, 1.54) is 13.2 Å². The van der Waals surface area contributed by atoms with Crippen LogP contribution in [0, 0.1) is 22.7 Å². The van der Waals surface area contributed by atoms with Crippen molar-refractivity contribution in [2.24, 2.45) is 22.7 Å². The minimum Gasteiger partial charge on any atom is -0.469 e. The van der Waals surface area contributed by atoms with Crippen molar-refractivity contribution in [3.8, 4) is 0 Å². The van der Waals surface area contributed by atoms with Crippen LogP contribution in [0.25, 0.3) is 0 Å². The number of nitrogens with zero attached hydrogens (tertiary/aromatic N) is 2. The Bertz CT molecular complexity index is 775. The van der Waals surface area contributed by atoms with E-state index in [0.29, 0.717) is 12.3 Å². The van der Waals surface area contributed by atoms with Gasteiger partial charge in [0.05, 0.1) is 24.8 Å². The maximum absolute atomic E-state index is 13.5. The topological polar surface area (TPSA) is 84.0 Å². The van der Waals surface area contributed by atoms with E-state index in [1.54, 1.807) is 19.0 Å². The fourth-order valence-corrected chi connectivity index (χ4v) is 8.45. The molecule has 7 nitrogen and oxygen atoms in total. The molecule has 1 spiro atoms. The average Bonchev–Trinajstić information content (AvgIpc) is 3.05. The van der Waals surface area contributed by atoms with Crippen LogP contribution in [0.2, 0.25) is 0 Å². The molecule has 1 amide bonds. The van der Waals surface area contributed by atoms with E-state index in [2.05, 4.69) is 20.4 Å². The van der Waals surface area contributed by atoms with Gasteiger partial charge >= 0.3 is 5.97 Å². The van der Waals surface area contributed by atoms with Gasteiger partial charge < -0.3 is 4.74 Å². The molecule has 3 fully saturated rings. The van der Waals surface area contributed by atoms with Crippen LogP contribution in [-0.2, 0) is 24.3 Å². The van der Waals surface area contributed by atoms with Crippen LogP contribution < -0.4 is 0 Å². The first-order valence-electron chi connectivity index (χ1n) is 9.37. The number of carbonyl (C=O) groups is 2. The molecular weight excluding hydrogens is 368 g/mol. The van der Waals surface area contributed by atoms with Gasteiger partial charge in [-0.25, -0.2) is 12.7 Å². The summed E-state index contributed by atoms with van der Waals surface area (Å²) in [5.41, 5.74) is -0.508. The number of likely N-dealkylation sites (N-methyl/N-ethyl adjacent to an activating group) is 1. The number of fused-ring (bicyclic) bond motifs is 1. The van der Waals surface area contributed by atoms with E-state index >= 15 is 0 Å². The van der Waals surface area contributed by atoms with E-state index in [9.17, 15) is 18.0 Å². The van der Waals surface area contributed by atoms with Crippen LogP contribution in [0.3, 0.4) is 0 Å². The van der Waals surface area contributed by atoms with E-state index < -0.39 is 39.3 Å². The third-order valence-corrected chi connectivity index (χ3v) is 9.42. The van der Waals surface area contributed by atoms with Gasteiger partial charge in [0.2, 0.25) is 10.0 Å². The van der Waals surface area contributed by atoms with Crippen LogP contribution in [0.1, 0.15) is 33.1 Å². The molecule has 0 N–H and O–H groups in total. The monoisotopic (exact) mass is 398 g/mol. The second-order valence-corrected chi connectivity index (χ2v) is 10.8. The minimum atomic E-state index is -3.74. The highest BCUT2D eigenvalue weighted by Gasteiger charge is 2.72. The molecule has 5 atom stereocenters. The number of ether oxygens (including phenoxy) is 1. The Morgan fingerprint density at radius 1 is 1.33 bits per heavy atom. The standard InChI is InChI=1S/C19H30N2O5S/c1-7-13(17(23)26-6)15(20(4)5)16(22)21-14-10-12-8-9-19(14,18(12,2)3)11-27(21,24)25/h7,12-15H,1,8-11H2,2-6H3/t12-,13?,14-,15+,19-/m0/s1. The first-order valence-corrected chi connectivity index (χ1v) is 11.0. The van der Waals surface area contributed by atoms with Crippen LogP contribution in [0.5, 0.6) is 0 Å². The Balaban J connectivity index is 2.03. The van der Waals surface area contributed by atoms with E-state index in [-0.39, 0.29) is 17.2 Å². The average molecular weight is 399 g/mol. The Hall–Kier alpha value is -1.41. The highest BCUT2D eigenvalue weighted by atomic mass is 32.2. The second-order valence-electron chi connectivity index (χ2n) is 8.95. The van der Waals surface area contributed by atoms with Gasteiger partial charge in [0.15, 0.2) is 0 Å². The molecule has 27 heavy (non-hydrogen) atoms. The van der Waals surface area contributed by atoms with Gasteiger partial charge in [0.1, 0.15) is 6.04 Å². The van der Waals surface area contributed by atoms with Gasteiger partial charge in [0, 0.05) is 5.41 Å². The quantitative estimate of drug-likeness (QED) is 0.512. The van der Waals surface area contributed by atoms with Crippen molar-refractivity contribution in [3.63, 3.8) is 0 Å². The summed E-state index contributed by atoms with van der Waals surface area (Å²) in [6.45, 7) is 7.93. The van der Waals surface area contributed by atoms with E-state index in [4.69, 9.17) is 4.74 Å². The molecule has 0 aromatic rings. The highest BCUT2D eigenvalue weighted by molar-refractivity contribution is 7.90. The van der Waals surface area contributed by atoms with E-state index in [1.807, 2.05) is 0 Å². The summed E-state index contributed by atoms with van der Waals surface area (Å²) in [5.74, 6) is -1.66. The van der Waals surface area contributed by atoms with Crippen molar-refractivity contribution >= 4 is 21.9 Å². The van der Waals surface area contributed by atoms with Gasteiger partial charge in [-0.15, -0.1) is 6.58 Å². The van der Waals surface area contributed by atoms with Crippen molar-refractivity contribution in [3.05, 3.63) is 12.7 Å². The lowest BCUT2D eigenvalue weighted by Crippen LogP contribution is -2.55. The largest absolute Gasteiger partial charge is 0.469 e. The summed E-state index contributed by atoms with van der Waals surface area (Å²) in [7, 11) is 0.820. The summed E-state index contributed by atoms with van der Waals surface area (Å²) >= 11 is 0. The number of methoxy groups -OCH3 is 1. The molecule has 0 radical (unpaired) electrons. The van der Waals surface area contributed by atoms with Gasteiger partial charge in [-0.2, -0.15) is 0 Å². The Morgan fingerprint density at radius 3 is 2.44 bits per heavy atom. The fraction of sp³-hybridized carbons (Fsp3) is 0.789. The summed E-state index contributed by atoms with van der Waals surface area (Å²) in [6, 6.07) is -1.29. The number of sulfonamides is 1. The number of hydrogen-bond donors (Lipinski definition) is 0. The summed E-state index contributed by atoms with van der Waals surface area (Å²) in [6.07, 6.45) is 3.90. The lowest BCUT2D eigenvalue weighted by atomic mass is 9.69. The first kappa shape index (κ1) is 20.3. The summed E-state index contributed by atoms with van der Waals surface area (Å²) in [4.78, 5) is 27.3. The second kappa shape index (κ2) is 6.30. The Labute approximate surface area is 161 Å². The molecule has 8 heteroatoms. The lowest BCUT2D eigenvalue weighted by Gasteiger charge is -2.38. The minimum absolute atomic E-state index is 0.0109. The summed E-state index contributed by atoms with van der Waals surface area (Å²) in [5, 5.41) is 0. The normalized spacial score (nSPS) is 35.0. The molecule has 2 aliphatic carbocycles. The number of rotatable bonds is 5. The Morgan fingerprint density at radius 2 is 1.96 bits per heavy atom. The number of hydrogen-bond acceptors (Lipinski definition) is 6. The number of amides is 1. The molecular formula is C19H30N2O5S. The molecule has 2 saturated carbocycles. The van der Waals surface area contributed by atoms with Gasteiger partial charge in [-0.05, 0) is 44.7 Å². The van der Waals surface area contributed by atoms with Crippen LogP contribution in [-0.4, -0.2) is 68.5 Å². The molecule has 152 valence electrons. The number of carbonyl (C=O) groups excluding carboxylic acids is 2. The number of esters is 1. The van der Waals surface area contributed by atoms with Gasteiger partial charge in [-0.3, -0.25) is 14.5 Å². The van der Waals surface area contributed by atoms with Crippen LogP contribution in [0.4, 0.5) is 0 Å². The first-order chi connectivity index (χ1) is 12.4. The Kier molecular flexibility index (Phi) is 4.75. The lowest BCUT2D eigenvalue weighted by molar-refractivity contribution is -0.150. The van der Waals surface area contributed by atoms with Crippen molar-refractivity contribution in [2.45, 2.75) is 45.2 Å². The van der Waals surface area contributed by atoms with Crippen molar-refractivity contribution in [1.29, 1.82) is 0 Å². The van der Waals surface area contributed by atoms with Crippen molar-refractivity contribution < 1.29 is 22.7 Å². The molecule has 1 aliphatic heterocycles. The van der Waals surface area contributed by atoms with Gasteiger partial charge in [0.25, 0.3) is 5.91 Å². The molecule has 3 rings (SSSR count). The zero-order valence-electron chi connectivity index (χ0n) is 16.8. The third kappa shape index (κ3) is 2.59. The zero-order chi connectivity index (χ0) is 20.4. The molecule has 0 aromatic heterocycles. The molecule has 1 unspecified atom stereocenters. The predicted molar refractivity (Wildman–Crippen MR) is 101 cm³/mol. The van der Waals surface area contributed by atoms with Gasteiger partial charge in [-0.1, -0.05) is 19.9 Å². The molecule has 2 bridgehead atoms. The molecule has 3 aliphatic rings. The smallest absolute Gasteiger partial charge is 0.314 e. The van der Waals surface area contributed by atoms with Crippen LogP contribution in [0.15, 0.2) is 12.7 Å². The SMILES string of the molecule is C=CC(C(=O)OC)[C@H](C(=O)N1[C@H]2C[C@@H]3CC[C@@]2(CS1(=O)=O)C3(C)C)N(C)C. The van der Waals surface area contributed by atoms with E-state index in [0.717, 1.165) is 17.1 Å². The molecule has 1 saturated heterocycles. The fourth-order valence-electron chi connectivity index (χ4n) is 5.90. The predicted octanol–water partition coefficient (Wildman–Crippen LogP) is 1.26. The molecule has 1 heterocycles. The third-order valence-electron chi connectivity index (χ3n) is 7.51. The van der Waals surface area contributed by atoms with Crippen molar-refractivity contribution in [2.75, 3.05) is 27.0 Å². The molecule has 0 aromatic carbocycles. The summed E-state index contributed by atoms with van der Waals surface area (Å²) < 4.78 is 32.1. The van der Waals surface area contributed by atoms with Crippen molar-refractivity contribution in [1.82, 2.24) is 9.21 Å². The highest BCUT2D eigenvalue weighted by Crippen LogP contribution is 2.70. The van der Waals surface area contributed by atoms with Crippen LogP contribution >= 0.6 is 0 Å².